The summed E-state index contributed by atoms with van der Waals surface area (Å²) in [5, 5.41) is 10.1. The Morgan fingerprint density at radius 3 is 2.81 bits per heavy atom. The quantitative estimate of drug-likeness (QED) is 0.798. The molecule has 3 nitrogen and oxygen atoms in total. The minimum Gasteiger partial charge on any atom is -0.507 e. The Kier molecular flexibility index (Phi) is 2.85. The Bertz CT molecular complexity index is 687. The predicted octanol–water partition coefficient (Wildman–Crippen LogP) is 1.03. The van der Waals surface area contributed by atoms with Crippen molar-refractivity contribution in [3.8, 4) is 5.75 Å². The van der Waals surface area contributed by atoms with Crippen LogP contribution in [-0.2, 0) is 0 Å². The zero-order chi connectivity index (χ0) is 11.7. The van der Waals surface area contributed by atoms with Crippen molar-refractivity contribution in [2.24, 2.45) is 0 Å². The molecule has 2 rings (SSSR count). The van der Waals surface area contributed by atoms with Crippen molar-refractivity contribution in [2.45, 2.75) is 0 Å². The molecular formula is C11H8ClNO2S. The van der Waals surface area contributed by atoms with E-state index >= 15 is 0 Å². The van der Waals surface area contributed by atoms with Crippen LogP contribution in [0.5, 0.6) is 5.75 Å². The Labute approximate surface area is 100.0 Å². The second-order valence-corrected chi connectivity index (χ2v) is 4.76. The molecule has 2 N–H and O–H groups in total. The van der Waals surface area contributed by atoms with Crippen LogP contribution in [0.4, 0.5) is 0 Å². The molecule has 0 unspecified atom stereocenters. The van der Waals surface area contributed by atoms with Crippen LogP contribution >= 0.6 is 22.9 Å². The third kappa shape index (κ3) is 2.18. The maximum absolute atomic E-state index is 11.4. The SMILES string of the molecule is C=c1[nH]c(=O)/c(=C/c2ccc(Cl)cc2O)s1. The van der Waals surface area contributed by atoms with E-state index in [1.54, 1.807) is 18.2 Å². The highest BCUT2D eigenvalue weighted by Gasteiger charge is 2.00. The van der Waals surface area contributed by atoms with E-state index in [1.165, 1.54) is 17.4 Å². The predicted molar refractivity (Wildman–Crippen MR) is 66.4 cm³/mol. The molecule has 0 aliphatic carbocycles. The first-order chi connectivity index (χ1) is 7.56. The van der Waals surface area contributed by atoms with Crippen LogP contribution in [0, 0.1) is 0 Å². The second-order valence-electron chi connectivity index (χ2n) is 3.19. The number of aromatic nitrogens is 1. The number of thiazole rings is 1. The molecule has 0 amide bonds. The lowest BCUT2D eigenvalue weighted by Crippen LogP contribution is -2.19. The summed E-state index contributed by atoms with van der Waals surface area (Å²) in [5.74, 6) is 0.0471. The highest BCUT2D eigenvalue weighted by Crippen LogP contribution is 2.22. The Balaban J connectivity index is 2.63. The third-order valence-corrected chi connectivity index (χ3v) is 3.10. The van der Waals surface area contributed by atoms with Gasteiger partial charge in [0, 0.05) is 10.6 Å². The fraction of sp³-hybridized carbons (Fsp3) is 0. The summed E-state index contributed by atoms with van der Waals surface area (Å²) in [6.07, 6.45) is 1.60. The van der Waals surface area contributed by atoms with Gasteiger partial charge in [0.25, 0.3) is 5.56 Å². The molecule has 0 saturated carbocycles. The maximum Gasteiger partial charge on any atom is 0.266 e. The maximum atomic E-state index is 11.4. The molecule has 82 valence electrons. The van der Waals surface area contributed by atoms with Gasteiger partial charge in [0.05, 0.1) is 9.20 Å². The van der Waals surface area contributed by atoms with Gasteiger partial charge >= 0.3 is 0 Å². The highest BCUT2D eigenvalue weighted by molar-refractivity contribution is 7.07. The van der Waals surface area contributed by atoms with Gasteiger partial charge in [-0.1, -0.05) is 18.2 Å². The van der Waals surface area contributed by atoms with E-state index in [0.29, 0.717) is 19.8 Å². The Morgan fingerprint density at radius 1 is 1.50 bits per heavy atom. The molecule has 1 aromatic heterocycles. The lowest BCUT2D eigenvalue weighted by Gasteiger charge is -1.97. The van der Waals surface area contributed by atoms with Crippen LogP contribution in [-0.4, -0.2) is 10.1 Å². The smallest absolute Gasteiger partial charge is 0.266 e. The fourth-order valence-electron chi connectivity index (χ4n) is 1.27. The first-order valence-corrected chi connectivity index (χ1v) is 5.64. The van der Waals surface area contributed by atoms with Crippen LogP contribution in [0.25, 0.3) is 12.7 Å². The van der Waals surface area contributed by atoms with E-state index in [4.69, 9.17) is 11.6 Å². The van der Waals surface area contributed by atoms with Crippen molar-refractivity contribution in [2.75, 3.05) is 0 Å². The van der Waals surface area contributed by atoms with Crippen LogP contribution in [0.2, 0.25) is 5.02 Å². The molecule has 0 saturated heterocycles. The summed E-state index contributed by atoms with van der Waals surface area (Å²) in [6, 6.07) is 4.74. The number of halogens is 1. The van der Waals surface area contributed by atoms with Gasteiger partial charge in [-0.2, -0.15) is 0 Å². The fourth-order valence-corrected chi connectivity index (χ4v) is 2.17. The summed E-state index contributed by atoms with van der Waals surface area (Å²) in [6.45, 7) is 3.64. The van der Waals surface area contributed by atoms with Gasteiger partial charge in [-0.05, 0) is 24.3 Å². The van der Waals surface area contributed by atoms with Crippen LogP contribution in [0.15, 0.2) is 23.0 Å². The molecule has 1 aromatic carbocycles. The van der Waals surface area contributed by atoms with Gasteiger partial charge in [-0.3, -0.25) is 4.79 Å². The molecule has 5 heteroatoms. The number of hydrogen-bond acceptors (Lipinski definition) is 3. The summed E-state index contributed by atoms with van der Waals surface area (Å²) < 4.78 is 1.09. The van der Waals surface area contributed by atoms with Gasteiger partial charge in [0.2, 0.25) is 0 Å². The molecule has 16 heavy (non-hydrogen) atoms. The molecular weight excluding hydrogens is 246 g/mol. The minimum absolute atomic E-state index is 0.0471. The number of nitrogens with one attached hydrogen (secondary N) is 1. The summed E-state index contributed by atoms with van der Waals surface area (Å²) in [5.41, 5.74) is 0.348. The van der Waals surface area contributed by atoms with E-state index < -0.39 is 0 Å². The van der Waals surface area contributed by atoms with Gasteiger partial charge in [0.1, 0.15) is 5.75 Å². The van der Waals surface area contributed by atoms with E-state index in [0.717, 1.165) is 0 Å². The van der Waals surface area contributed by atoms with E-state index in [-0.39, 0.29) is 11.3 Å². The van der Waals surface area contributed by atoms with Crippen molar-refractivity contribution >= 4 is 35.6 Å². The molecule has 0 bridgehead atoms. The number of phenolic OH excluding ortho intramolecular Hbond substituents is 1. The first-order valence-electron chi connectivity index (χ1n) is 4.44. The number of H-pyrrole nitrogens is 1. The third-order valence-electron chi connectivity index (χ3n) is 1.99. The zero-order valence-corrected chi connectivity index (χ0v) is 9.73. The lowest BCUT2D eigenvalue weighted by atomic mass is 10.2. The van der Waals surface area contributed by atoms with Gasteiger partial charge in [-0.15, -0.1) is 11.3 Å². The number of aromatic hydroxyl groups is 1. The number of aromatic amines is 1. The van der Waals surface area contributed by atoms with Crippen LogP contribution in [0.3, 0.4) is 0 Å². The average Bonchev–Trinajstić information content (AvgIpc) is 2.50. The molecule has 0 radical (unpaired) electrons. The first kappa shape index (κ1) is 11.0. The Hall–Kier alpha value is -1.52. The average molecular weight is 254 g/mol. The van der Waals surface area contributed by atoms with Gasteiger partial charge in [0.15, 0.2) is 0 Å². The minimum atomic E-state index is -0.204. The van der Waals surface area contributed by atoms with Crippen LogP contribution < -0.4 is 14.8 Å². The molecule has 0 aliphatic heterocycles. The molecule has 1 heterocycles. The second kappa shape index (κ2) is 4.15. The van der Waals surface area contributed by atoms with Gasteiger partial charge < -0.3 is 10.1 Å². The van der Waals surface area contributed by atoms with Crippen molar-refractivity contribution in [1.82, 2.24) is 4.98 Å². The summed E-state index contributed by atoms with van der Waals surface area (Å²) in [4.78, 5) is 14.0. The Morgan fingerprint density at radius 2 is 2.25 bits per heavy atom. The van der Waals surface area contributed by atoms with Gasteiger partial charge in [-0.25, -0.2) is 0 Å². The number of hydrogen-bond donors (Lipinski definition) is 2. The molecule has 0 atom stereocenters. The monoisotopic (exact) mass is 253 g/mol. The topological polar surface area (TPSA) is 53.1 Å². The number of rotatable bonds is 1. The van der Waals surface area contributed by atoms with Crippen molar-refractivity contribution in [3.05, 3.63) is 48.3 Å². The van der Waals surface area contributed by atoms with Crippen molar-refractivity contribution < 1.29 is 5.11 Å². The number of benzene rings is 1. The normalized spacial score (nSPS) is 11.9. The van der Waals surface area contributed by atoms with E-state index in [9.17, 15) is 9.90 Å². The van der Waals surface area contributed by atoms with Crippen molar-refractivity contribution in [3.63, 3.8) is 0 Å². The molecule has 0 aliphatic rings. The van der Waals surface area contributed by atoms with E-state index in [2.05, 4.69) is 11.6 Å². The van der Waals surface area contributed by atoms with Crippen LogP contribution in [0.1, 0.15) is 5.56 Å². The standard InChI is InChI=1S/C11H8ClNO2S/c1-6-13-11(15)10(16-6)4-7-2-3-8(12)5-9(7)14/h2-5,14H,1H2,(H,13,15)/b10-4-. The lowest BCUT2D eigenvalue weighted by molar-refractivity contribution is 0.474. The zero-order valence-electron chi connectivity index (χ0n) is 8.16. The largest absolute Gasteiger partial charge is 0.507 e. The number of phenols is 1. The summed E-state index contributed by atoms with van der Waals surface area (Å²) in [7, 11) is 0. The molecule has 0 fully saturated rings. The molecule has 0 spiro atoms. The molecule has 2 aromatic rings. The van der Waals surface area contributed by atoms with Crippen molar-refractivity contribution in [1.29, 1.82) is 0 Å². The highest BCUT2D eigenvalue weighted by atomic mass is 35.5. The summed E-state index contributed by atoms with van der Waals surface area (Å²) >= 11 is 6.95. The van der Waals surface area contributed by atoms with E-state index in [1.807, 2.05) is 0 Å².